The van der Waals surface area contributed by atoms with Crippen molar-refractivity contribution in [1.82, 2.24) is 9.36 Å². The van der Waals surface area contributed by atoms with Gasteiger partial charge in [0.25, 0.3) is 0 Å². The van der Waals surface area contributed by atoms with E-state index in [-0.39, 0.29) is 0 Å². The SMILES string of the molecule is C=[CH][Sn]([N]1CCCC1)([N]1CCCC1)[N]1CCCC1. The second-order valence-electron chi connectivity index (χ2n) is 5.97. The van der Waals surface area contributed by atoms with Crippen molar-refractivity contribution >= 4 is 19.2 Å². The van der Waals surface area contributed by atoms with E-state index in [4.69, 9.17) is 0 Å². The van der Waals surface area contributed by atoms with Gasteiger partial charge < -0.3 is 0 Å². The topological polar surface area (TPSA) is 9.72 Å². The monoisotopic (exact) mass is 357 g/mol. The van der Waals surface area contributed by atoms with Crippen molar-refractivity contribution in [3.63, 3.8) is 0 Å². The molecular formula is C14H27N3Sn. The van der Waals surface area contributed by atoms with E-state index >= 15 is 0 Å². The van der Waals surface area contributed by atoms with Gasteiger partial charge in [-0.1, -0.05) is 0 Å². The van der Waals surface area contributed by atoms with E-state index in [2.05, 4.69) is 20.0 Å². The minimum absolute atomic E-state index is 1.34. The summed E-state index contributed by atoms with van der Waals surface area (Å²) in [6.45, 7) is 12.4. The summed E-state index contributed by atoms with van der Waals surface area (Å²) in [6.07, 6.45) is 8.47. The van der Waals surface area contributed by atoms with Crippen LogP contribution in [0.3, 0.4) is 0 Å². The Kier molecular flexibility index (Phi) is 4.33. The first-order chi connectivity index (χ1) is 8.88. The molecule has 3 heterocycles. The molecule has 0 amide bonds. The van der Waals surface area contributed by atoms with Gasteiger partial charge in [-0.25, -0.2) is 0 Å². The third-order valence-electron chi connectivity index (χ3n) is 4.99. The Bertz CT molecular complexity index is 249. The van der Waals surface area contributed by atoms with E-state index < -0.39 is 19.2 Å². The molecule has 0 aromatic carbocycles. The first kappa shape index (κ1) is 13.4. The molecule has 102 valence electrons. The zero-order valence-electron chi connectivity index (χ0n) is 11.6. The van der Waals surface area contributed by atoms with Crippen LogP contribution in [0.4, 0.5) is 0 Å². The molecule has 18 heavy (non-hydrogen) atoms. The zero-order valence-corrected chi connectivity index (χ0v) is 14.5. The molecule has 3 saturated heterocycles. The number of rotatable bonds is 4. The van der Waals surface area contributed by atoms with Gasteiger partial charge >= 0.3 is 117 Å². The molecule has 3 aliphatic rings. The van der Waals surface area contributed by atoms with Gasteiger partial charge in [0.2, 0.25) is 0 Å². The molecule has 0 radical (unpaired) electrons. The van der Waals surface area contributed by atoms with Gasteiger partial charge in [-0.3, -0.25) is 0 Å². The number of hydrogen-bond acceptors (Lipinski definition) is 3. The Morgan fingerprint density at radius 2 is 0.889 bits per heavy atom. The Morgan fingerprint density at radius 1 is 0.611 bits per heavy atom. The van der Waals surface area contributed by atoms with Crippen LogP contribution in [-0.2, 0) is 0 Å². The molecule has 3 fully saturated rings. The molecule has 0 aromatic rings. The van der Waals surface area contributed by atoms with Crippen LogP contribution >= 0.6 is 0 Å². The summed E-state index contributed by atoms with van der Waals surface area (Å²) < 4.78 is 11.2. The van der Waals surface area contributed by atoms with Crippen LogP contribution in [0.2, 0.25) is 0 Å². The minimum atomic E-state index is -2.60. The molecule has 0 aromatic heterocycles. The van der Waals surface area contributed by atoms with Gasteiger partial charge in [0, 0.05) is 0 Å². The van der Waals surface area contributed by atoms with Crippen molar-refractivity contribution in [1.29, 1.82) is 0 Å². The van der Waals surface area contributed by atoms with Crippen molar-refractivity contribution < 1.29 is 0 Å². The molecule has 0 spiro atoms. The molecule has 0 atom stereocenters. The molecule has 4 heteroatoms. The van der Waals surface area contributed by atoms with Crippen LogP contribution in [0.5, 0.6) is 0 Å². The third kappa shape index (κ3) is 2.17. The molecule has 0 unspecified atom stereocenters. The van der Waals surface area contributed by atoms with E-state index in [1.165, 1.54) is 77.8 Å². The van der Waals surface area contributed by atoms with Crippen LogP contribution in [0.25, 0.3) is 0 Å². The Morgan fingerprint density at radius 3 is 1.11 bits per heavy atom. The van der Waals surface area contributed by atoms with Crippen molar-refractivity contribution in [3.8, 4) is 0 Å². The fraction of sp³-hybridized carbons (Fsp3) is 0.857. The number of hydrogen-bond donors (Lipinski definition) is 0. The van der Waals surface area contributed by atoms with E-state index in [9.17, 15) is 0 Å². The van der Waals surface area contributed by atoms with Gasteiger partial charge in [0.15, 0.2) is 0 Å². The fourth-order valence-electron chi connectivity index (χ4n) is 4.13. The summed E-state index contributed by atoms with van der Waals surface area (Å²) in [7, 11) is 0. The third-order valence-corrected chi connectivity index (χ3v) is 18.4. The standard InChI is InChI=1S/3C4H8N.C2H3.Sn/c3*1-2-4-5-3-1;1-2;/h3*1-4H2;1H,2H2;/q3*-1;;+3. The van der Waals surface area contributed by atoms with Gasteiger partial charge in [-0.2, -0.15) is 0 Å². The quantitative estimate of drug-likeness (QED) is 0.713. The first-order valence-corrected chi connectivity index (χ1v) is 13.2. The van der Waals surface area contributed by atoms with Crippen LogP contribution in [0.15, 0.2) is 10.7 Å². The summed E-state index contributed by atoms with van der Waals surface area (Å²) in [5, 5.41) is 0. The van der Waals surface area contributed by atoms with E-state index in [1.807, 2.05) is 0 Å². The second kappa shape index (κ2) is 5.81. The van der Waals surface area contributed by atoms with Crippen LogP contribution in [0, 0.1) is 0 Å². The van der Waals surface area contributed by atoms with Gasteiger partial charge in [-0.05, 0) is 0 Å². The predicted octanol–water partition coefficient (Wildman–Crippen LogP) is 1.94. The molecule has 0 N–H and O–H groups in total. The average molecular weight is 356 g/mol. The van der Waals surface area contributed by atoms with Crippen molar-refractivity contribution in [3.05, 3.63) is 10.7 Å². The fourth-order valence-corrected chi connectivity index (χ4v) is 18.1. The van der Waals surface area contributed by atoms with Crippen molar-refractivity contribution in [2.75, 3.05) is 39.3 Å². The maximum atomic E-state index is 4.34. The van der Waals surface area contributed by atoms with Crippen LogP contribution in [-0.4, -0.2) is 67.8 Å². The van der Waals surface area contributed by atoms with E-state index in [0.717, 1.165) is 0 Å². The average Bonchev–Trinajstić information content (AvgIpc) is 3.16. The van der Waals surface area contributed by atoms with Gasteiger partial charge in [0.05, 0.1) is 0 Å². The summed E-state index contributed by atoms with van der Waals surface area (Å²) >= 11 is -2.60. The summed E-state index contributed by atoms with van der Waals surface area (Å²) in [4.78, 5) is 0. The van der Waals surface area contributed by atoms with Gasteiger partial charge in [-0.15, -0.1) is 0 Å². The van der Waals surface area contributed by atoms with Crippen LogP contribution in [0.1, 0.15) is 38.5 Å². The van der Waals surface area contributed by atoms with E-state index in [0.29, 0.717) is 0 Å². The van der Waals surface area contributed by atoms with Crippen LogP contribution < -0.4 is 0 Å². The molecule has 3 rings (SSSR count). The predicted molar refractivity (Wildman–Crippen MR) is 78.4 cm³/mol. The molecule has 3 nitrogen and oxygen atoms in total. The Balaban J connectivity index is 1.89. The molecule has 0 bridgehead atoms. The summed E-state index contributed by atoms with van der Waals surface area (Å²) in [6, 6.07) is 0. The molecule has 0 saturated carbocycles. The zero-order chi connectivity index (χ0) is 12.4. The number of nitrogens with zero attached hydrogens (tertiary/aromatic N) is 3. The summed E-state index contributed by atoms with van der Waals surface area (Å²) in [5.41, 5.74) is 0. The normalized spacial score (nSPS) is 28.2. The maximum absolute atomic E-state index is 4.34. The Hall–Kier alpha value is 0.419. The van der Waals surface area contributed by atoms with Gasteiger partial charge in [0.1, 0.15) is 0 Å². The Labute approximate surface area is 117 Å². The summed E-state index contributed by atoms with van der Waals surface area (Å²) in [5.74, 6) is 0. The molecular weight excluding hydrogens is 329 g/mol. The molecule has 3 aliphatic heterocycles. The van der Waals surface area contributed by atoms with E-state index in [1.54, 1.807) is 0 Å². The first-order valence-electron chi connectivity index (χ1n) is 7.77. The van der Waals surface area contributed by atoms with Crippen molar-refractivity contribution in [2.45, 2.75) is 38.5 Å². The van der Waals surface area contributed by atoms with Crippen molar-refractivity contribution in [2.24, 2.45) is 0 Å². The second-order valence-corrected chi connectivity index (χ2v) is 16.5. The molecule has 0 aliphatic carbocycles.